The smallest absolute Gasteiger partial charge is 0.268 e. The highest BCUT2D eigenvalue weighted by atomic mass is 19.1. The van der Waals surface area contributed by atoms with E-state index in [0.29, 0.717) is 11.3 Å². The fraction of sp³-hybridized carbons (Fsp3) is 0.158. The molecule has 0 aliphatic carbocycles. The number of guanidine groups is 1. The van der Waals surface area contributed by atoms with Gasteiger partial charge in [0.1, 0.15) is 12.5 Å². The van der Waals surface area contributed by atoms with Crippen molar-refractivity contribution in [3.8, 4) is 11.3 Å². The van der Waals surface area contributed by atoms with Crippen LogP contribution in [0.15, 0.2) is 53.7 Å². The number of nitrogens with one attached hydrogen (secondary N) is 1. The molecule has 0 bridgehead atoms. The minimum Gasteiger partial charge on any atom is -0.369 e. The number of carbonyl (C=O) groups is 1. The third-order valence-corrected chi connectivity index (χ3v) is 4.72. The van der Waals surface area contributed by atoms with E-state index < -0.39 is 23.9 Å². The van der Waals surface area contributed by atoms with Crippen LogP contribution in [0.5, 0.6) is 0 Å². The molecular weight excluding hydrogens is 366 g/mol. The van der Waals surface area contributed by atoms with Crippen molar-refractivity contribution < 1.29 is 13.6 Å². The van der Waals surface area contributed by atoms with Gasteiger partial charge in [-0.25, -0.2) is 13.8 Å². The van der Waals surface area contributed by atoms with E-state index in [2.05, 4.69) is 20.2 Å². The van der Waals surface area contributed by atoms with E-state index in [1.165, 1.54) is 31.3 Å². The lowest BCUT2D eigenvalue weighted by atomic mass is 9.84. The first kappa shape index (κ1) is 17.8. The summed E-state index contributed by atoms with van der Waals surface area (Å²) in [4.78, 5) is 22.8. The van der Waals surface area contributed by atoms with Gasteiger partial charge in [-0.1, -0.05) is 6.07 Å². The van der Waals surface area contributed by atoms with Gasteiger partial charge in [0.05, 0.1) is 17.1 Å². The zero-order valence-corrected chi connectivity index (χ0v) is 14.9. The number of benzene rings is 1. The van der Waals surface area contributed by atoms with E-state index in [-0.39, 0.29) is 22.9 Å². The summed E-state index contributed by atoms with van der Waals surface area (Å²) in [5, 5.41) is 6.69. The minimum absolute atomic E-state index is 0.0274. The zero-order valence-electron chi connectivity index (χ0n) is 14.9. The fourth-order valence-electron chi connectivity index (χ4n) is 3.26. The fourth-order valence-corrected chi connectivity index (χ4v) is 3.26. The summed E-state index contributed by atoms with van der Waals surface area (Å²) in [6, 6.07) is 10.5. The maximum absolute atomic E-state index is 15.0. The highest BCUT2D eigenvalue weighted by Crippen LogP contribution is 2.41. The topological polar surface area (TPSA) is 100 Å². The van der Waals surface area contributed by atoms with Crippen LogP contribution in [0.4, 0.5) is 8.78 Å². The lowest BCUT2D eigenvalue weighted by Gasteiger charge is -2.26. The predicted molar refractivity (Wildman–Crippen MR) is 98.2 cm³/mol. The van der Waals surface area contributed by atoms with Crippen LogP contribution >= 0.6 is 0 Å². The van der Waals surface area contributed by atoms with E-state index in [0.717, 1.165) is 4.90 Å². The van der Waals surface area contributed by atoms with Crippen molar-refractivity contribution in [2.75, 3.05) is 7.05 Å². The number of aromatic amines is 1. The number of H-pyrrole nitrogens is 1. The first-order valence-electron chi connectivity index (χ1n) is 8.43. The number of likely N-dealkylation sites (N-methyl/N-ethyl adjacent to an activating group) is 1. The molecular formula is C19H16F2N6O. The summed E-state index contributed by atoms with van der Waals surface area (Å²) in [7, 11) is 1.44. The van der Waals surface area contributed by atoms with Crippen LogP contribution in [-0.4, -0.2) is 39.0 Å². The Hall–Kier alpha value is -3.62. The SMILES string of the molecule is CN1C(=O)C(c2cccc(CF)n2)(c2cc(-c3ccn[nH]3)ccc2F)N=C1N. The van der Waals surface area contributed by atoms with Gasteiger partial charge in [-0.15, -0.1) is 0 Å². The van der Waals surface area contributed by atoms with Crippen LogP contribution < -0.4 is 5.73 Å². The molecule has 0 saturated carbocycles. The second kappa shape index (κ2) is 6.52. The Morgan fingerprint density at radius 2 is 2.07 bits per heavy atom. The van der Waals surface area contributed by atoms with Gasteiger partial charge in [0, 0.05) is 24.4 Å². The number of rotatable bonds is 4. The van der Waals surface area contributed by atoms with Crippen LogP contribution in [0, 0.1) is 5.82 Å². The molecule has 3 heterocycles. The molecule has 0 fully saturated rings. The Labute approximate surface area is 158 Å². The lowest BCUT2D eigenvalue weighted by molar-refractivity contribution is -0.129. The van der Waals surface area contributed by atoms with Crippen molar-refractivity contribution in [2.45, 2.75) is 12.2 Å². The largest absolute Gasteiger partial charge is 0.369 e. The molecule has 0 spiro atoms. The second-order valence-corrected chi connectivity index (χ2v) is 6.36. The van der Waals surface area contributed by atoms with E-state index in [1.54, 1.807) is 24.4 Å². The molecule has 3 aromatic rings. The molecule has 1 aliphatic rings. The van der Waals surface area contributed by atoms with Crippen LogP contribution in [0.1, 0.15) is 17.0 Å². The summed E-state index contributed by atoms with van der Waals surface area (Å²) in [6.07, 6.45) is 1.56. The normalized spacial score (nSPS) is 19.2. The van der Waals surface area contributed by atoms with Gasteiger partial charge >= 0.3 is 0 Å². The van der Waals surface area contributed by atoms with Crippen LogP contribution in [0.2, 0.25) is 0 Å². The summed E-state index contributed by atoms with van der Waals surface area (Å²) in [6.45, 7) is -0.830. The van der Waals surface area contributed by atoms with Crippen molar-refractivity contribution in [1.82, 2.24) is 20.1 Å². The van der Waals surface area contributed by atoms with E-state index in [9.17, 15) is 13.6 Å². The summed E-state index contributed by atoms with van der Waals surface area (Å²) < 4.78 is 28.2. The van der Waals surface area contributed by atoms with Gasteiger partial charge in [-0.05, 0) is 36.4 Å². The van der Waals surface area contributed by atoms with Gasteiger partial charge in [0.15, 0.2) is 5.96 Å². The monoisotopic (exact) mass is 382 g/mol. The van der Waals surface area contributed by atoms with Gasteiger partial charge in [-0.2, -0.15) is 5.10 Å². The molecule has 1 aromatic carbocycles. The van der Waals surface area contributed by atoms with Crippen molar-refractivity contribution in [1.29, 1.82) is 0 Å². The Kier molecular flexibility index (Phi) is 4.14. The minimum atomic E-state index is -1.84. The highest BCUT2D eigenvalue weighted by Gasteiger charge is 2.52. The molecule has 1 aliphatic heterocycles. The molecule has 3 N–H and O–H groups in total. The molecule has 142 valence electrons. The molecule has 4 rings (SSSR count). The number of amides is 1. The van der Waals surface area contributed by atoms with Crippen molar-refractivity contribution in [3.05, 3.63) is 71.4 Å². The third-order valence-electron chi connectivity index (χ3n) is 4.72. The van der Waals surface area contributed by atoms with Crippen molar-refractivity contribution >= 4 is 11.9 Å². The van der Waals surface area contributed by atoms with E-state index in [4.69, 9.17) is 5.73 Å². The number of nitrogens with two attached hydrogens (primary N) is 1. The Morgan fingerprint density at radius 1 is 1.25 bits per heavy atom. The molecule has 1 atom stereocenters. The average molecular weight is 382 g/mol. The molecule has 28 heavy (non-hydrogen) atoms. The zero-order chi connectivity index (χ0) is 19.9. The molecule has 1 unspecified atom stereocenters. The van der Waals surface area contributed by atoms with Gasteiger partial charge in [0.2, 0.25) is 5.54 Å². The number of aliphatic imine (C=N–C) groups is 1. The Balaban J connectivity index is 2.01. The number of carbonyl (C=O) groups excluding carboxylic acids is 1. The summed E-state index contributed by atoms with van der Waals surface area (Å²) in [5.41, 5.74) is 5.46. The third kappa shape index (κ3) is 2.55. The first-order chi connectivity index (χ1) is 13.5. The summed E-state index contributed by atoms with van der Waals surface area (Å²) in [5.74, 6) is -1.31. The molecule has 0 radical (unpaired) electrons. The number of pyridine rings is 1. The molecule has 0 saturated heterocycles. The van der Waals surface area contributed by atoms with E-state index >= 15 is 0 Å². The quantitative estimate of drug-likeness (QED) is 0.722. The van der Waals surface area contributed by atoms with Crippen molar-refractivity contribution in [2.24, 2.45) is 10.7 Å². The highest BCUT2D eigenvalue weighted by molar-refractivity contribution is 6.08. The van der Waals surface area contributed by atoms with Gasteiger partial charge in [-0.3, -0.25) is 19.8 Å². The Morgan fingerprint density at radius 3 is 2.71 bits per heavy atom. The maximum Gasteiger partial charge on any atom is 0.268 e. The molecule has 1 amide bonds. The van der Waals surface area contributed by atoms with Crippen molar-refractivity contribution in [3.63, 3.8) is 0 Å². The Bertz CT molecular complexity index is 1080. The first-order valence-corrected chi connectivity index (χ1v) is 8.43. The lowest BCUT2D eigenvalue weighted by Crippen LogP contribution is -2.42. The standard InChI is InChI=1S/C19H16F2N6O/c1-27-17(28)19(25-18(27)22,16-4-2-3-12(10-20)24-16)13-9-11(5-6-14(13)21)15-7-8-23-26-15/h2-9H,10H2,1H3,(H2,22,25)(H,23,26). The number of hydrogen-bond acceptors (Lipinski definition) is 5. The average Bonchev–Trinajstić information content (AvgIpc) is 3.32. The molecule has 7 nitrogen and oxygen atoms in total. The van der Waals surface area contributed by atoms with Crippen LogP contribution in [0.25, 0.3) is 11.3 Å². The number of hydrogen-bond donors (Lipinski definition) is 2. The predicted octanol–water partition coefficient (Wildman–Crippen LogP) is 2.11. The van der Waals surface area contributed by atoms with Gasteiger partial charge < -0.3 is 5.73 Å². The summed E-state index contributed by atoms with van der Waals surface area (Å²) >= 11 is 0. The molecule has 2 aromatic heterocycles. The number of nitrogens with zero attached hydrogens (tertiary/aromatic N) is 4. The number of alkyl halides is 1. The number of aromatic nitrogens is 3. The van der Waals surface area contributed by atoms with E-state index in [1.807, 2.05) is 0 Å². The second-order valence-electron chi connectivity index (χ2n) is 6.36. The molecule has 9 heteroatoms. The number of halogens is 2. The van der Waals surface area contributed by atoms with Gasteiger partial charge in [0.25, 0.3) is 5.91 Å². The van der Waals surface area contributed by atoms with Crippen LogP contribution in [-0.2, 0) is 17.0 Å². The van der Waals surface area contributed by atoms with Crippen LogP contribution in [0.3, 0.4) is 0 Å². The maximum atomic E-state index is 15.0.